The van der Waals surface area contributed by atoms with Crippen molar-refractivity contribution < 1.29 is 9.90 Å². The summed E-state index contributed by atoms with van der Waals surface area (Å²) in [4.78, 5) is 16.4. The van der Waals surface area contributed by atoms with Gasteiger partial charge in [0.2, 0.25) is 0 Å². The highest BCUT2D eigenvalue weighted by Crippen LogP contribution is 2.27. The summed E-state index contributed by atoms with van der Waals surface area (Å²) in [5, 5.41) is 15.9. The number of aromatic nitrogens is 2. The molecule has 3 rings (SSSR count). The molecule has 2 aromatic rings. The van der Waals surface area contributed by atoms with Gasteiger partial charge in [-0.05, 0) is 31.9 Å². The van der Waals surface area contributed by atoms with Gasteiger partial charge in [0, 0.05) is 18.4 Å². The van der Waals surface area contributed by atoms with Crippen LogP contribution in [0, 0.1) is 6.92 Å². The molecule has 6 nitrogen and oxygen atoms in total. The second-order valence-electron chi connectivity index (χ2n) is 6.45. The number of aliphatic hydroxyl groups is 1. The Kier molecular flexibility index (Phi) is 4.52. The van der Waals surface area contributed by atoms with E-state index in [1.807, 2.05) is 35.7 Å². The average Bonchev–Trinajstić information content (AvgIpc) is 2.96. The molecule has 0 aromatic carbocycles. The summed E-state index contributed by atoms with van der Waals surface area (Å²) in [6.07, 6.45) is 6.68. The Morgan fingerprint density at radius 2 is 2.09 bits per heavy atom. The molecule has 124 valence electrons. The lowest BCUT2D eigenvalue weighted by Crippen LogP contribution is -2.47. The third kappa shape index (κ3) is 3.82. The lowest BCUT2D eigenvalue weighted by atomic mass is 9.85. The molecule has 0 spiro atoms. The van der Waals surface area contributed by atoms with Crippen LogP contribution in [0.3, 0.4) is 0 Å². The number of nitrogens with one attached hydrogen (secondary N) is 2. The van der Waals surface area contributed by atoms with Crippen LogP contribution < -0.4 is 10.6 Å². The van der Waals surface area contributed by atoms with Crippen LogP contribution in [-0.4, -0.2) is 32.7 Å². The first-order valence-electron chi connectivity index (χ1n) is 8.23. The zero-order chi connectivity index (χ0) is 16.3. The highest BCUT2D eigenvalue weighted by Gasteiger charge is 2.29. The molecule has 2 aromatic heterocycles. The predicted molar refractivity (Wildman–Crippen MR) is 88.2 cm³/mol. The summed E-state index contributed by atoms with van der Waals surface area (Å²) in [6.45, 7) is 2.69. The minimum absolute atomic E-state index is 0.266. The van der Waals surface area contributed by atoms with Crippen molar-refractivity contribution in [2.45, 2.75) is 51.2 Å². The Labute approximate surface area is 135 Å². The third-order valence-electron chi connectivity index (χ3n) is 4.54. The van der Waals surface area contributed by atoms with Gasteiger partial charge in [-0.15, -0.1) is 0 Å². The van der Waals surface area contributed by atoms with Crippen LogP contribution >= 0.6 is 0 Å². The quantitative estimate of drug-likeness (QED) is 0.808. The van der Waals surface area contributed by atoms with Gasteiger partial charge in [0.15, 0.2) is 0 Å². The molecule has 0 bridgehead atoms. The molecule has 1 saturated carbocycles. The molecule has 2 amide bonds. The highest BCUT2D eigenvalue weighted by atomic mass is 16.3. The van der Waals surface area contributed by atoms with Gasteiger partial charge in [0.1, 0.15) is 5.65 Å². The summed E-state index contributed by atoms with van der Waals surface area (Å²) in [5.41, 5.74) is 2.05. The number of amides is 2. The van der Waals surface area contributed by atoms with Crippen molar-refractivity contribution in [1.82, 2.24) is 20.0 Å². The SMILES string of the molecule is Cc1cccc2nc(CNC(=O)NCC3(O)CCCCC3)cn12. The molecular weight excluding hydrogens is 292 g/mol. The van der Waals surface area contributed by atoms with Crippen molar-refractivity contribution in [3.63, 3.8) is 0 Å². The maximum absolute atomic E-state index is 11.9. The van der Waals surface area contributed by atoms with Crippen molar-refractivity contribution in [2.75, 3.05) is 6.54 Å². The first-order valence-corrected chi connectivity index (χ1v) is 8.23. The van der Waals surface area contributed by atoms with Gasteiger partial charge in [-0.2, -0.15) is 0 Å². The number of hydrogen-bond donors (Lipinski definition) is 3. The van der Waals surface area contributed by atoms with Crippen molar-refractivity contribution >= 4 is 11.7 Å². The van der Waals surface area contributed by atoms with Gasteiger partial charge in [-0.3, -0.25) is 0 Å². The number of imidazole rings is 1. The number of hydrogen-bond acceptors (Lipinski definition) is 3. The number of aryl methyl sites for hydroxylation is 1. The van der Waals surface area contributed by atoms with Crippen molar-refractivity contribution in [3.8, 4) is 0 Å². The van der Waals surface area contributed by atoms with E-state index in [1.165, 1.54) is 6.42 Å². The largest absolute Gasteiger partial charge is 0.388 e. The minimum Gasteiger partial charge on any atom is -0.388 e. The lowest BCUT2D eigenvalue weighted by Gasteiger charge is -2.32. The lowest BCUT2D eigenvalue weighted by molar-refractivity contribution is 0.00719. The van der Waals surface area contributed by atoms with E-state index in [-0.39, 0.29) is 6.03 Å². The van der Waals surface area contributed by atoms with E-state index >= 15 is 0 Å². The molecule has 0 aliphatic heterocycles. The number of carbonyl (C=O) groups excluding carboxylic acids is 1. The van der Waals surface area contributed by atoms with Crippen LogP contribution in [0.5, 0.6) is 0 Å². The van der Waals surface area contributed by atoms with Crippen molar-refractivity contribution in [2.24, 2.45) is 0 Å². The number of rotatable bonds is 4. The first-order chi connectivity index (χ1) is 11.1. The number of fused-ring (bicyclic) bond motifs is 1. The van der Waals surface area contributed by atoms with Gasteiger partial charge in [0.05, 0.1) is 17.8 Å². The molecule has 0 unspecified atom stereocenters. The van der Waals surface area contributed by atoms with Crippen LogP contribution in [0.15, 0.2) is 24.4 Å². The van der Waals surface area contributed by atoms with Crippen LogP contribution in [0.4, 0.5) is 4.79 Å². The van der Waals surface area contributed by atoms with Crippen LogP contribution in [-0.2, 0) is 6.54 Å². The smallest absolute Gasteiger partial charge is 0.315 e. The minimum atomic E-state index is -0.740. The van der Waals surface area contributed by atoms with Crippen LogP contribution in [0.25, 0.3) is 5.65 Å². The highest BCUT2D eigenvalue weighted by molar-refractivity contribution is 5.73. The predicted octanol–water partition coefficient (Wildman–Crippen LogP) is 2.14. The van der Waals surface area contributed by atoms with E-state index in [2.05, 4.69) is 15.6 Å². The van der Waals surface area contributed by atoms with E-state index < -0.39 is 5.60 Å². The van der Waals surface area contributed by atoms with Crippen molar-refractivity contribution in [3.05, 3.63) is 35.8 Å². The summed E-state index contributed by atoms with van der Waals surface area (Å²) in [6, 6.07) is 5.66. The van der Waals surface area contributed by atoms with Gasteiger partial charge in [-0.25, -0.2) is 9.78 Å². The van der Waals surface area contributed by atoms with Gasteiger partial charge in [-0.1, -0.05) is 25.3 Å². The van der Waals surface area contributed by atoms with Gasteiger partial charge >= 0.3 is 6.03 Å². The topological polar surface area (TPSA) is 78.7 Å². The van der Waals surface area contributed by atoms with Crippen LogP contribution in [0.2, 0.25) is 0 Å². The number of nitrogens with zero attached hydrogens (tertiary/aromatic N) is 2. The molecule has 0 saturated heterocycles. The zero-order valence-electron chi connectivity index (χ0n) is 13.5. The summed E-state index contributed by atoms with van der Waals surface area (Å²) < 4.78 is 2.00. The maximum Gasteiger partial charge on any atom is 0.315 e. The molecule has 1 aliphatic carbocycles. The van der Waals surface area contributed by atoms with Crippen LogP contribution in [0.1, 0.15) is 43.5 Å². The van der Waals surface area contributed by atoms with Crippen molar-refractivity contribution in [1.29, 1.82) is 0 Å². The van der Waals surface area contributed by atoms with E-state index in [0.717, 1.165) is 42.7 Å². The summed E-state index contributed by atoms with van der Waals surface area (Å²) in [5.74, 6) is 0. The Morgan fingerprint density at radius 3 is 2.83 bits per heavy atom. The fourth-order valence-corrected chi connectivity index (χ4v) is 3.15. The molecule has 23 heavy (non-hydrogen) atoms. The van der Waals surface area contributed by atoms with E-state index in [9.17, 15) is 9.90 Å². The van der Waals surface area contributed by atoms with E-state index in [0.29, 0.717) is 13.1 Å². The number of carbonyl (C=O) groups is 1. The third-order valence-corrected chi connectivity index (χ3v) is 4.54. The molecular formula is C17H24N4O2. The zero-order valence-corrected chi connectivity index (χ0v) is 13.5. The second-order valence-corrected chi connectivity index (χ2v) is 6.45. The van der Waals surface area contributed by atoms with E-state index in [1.54, 1.807) is 0 Å². The Balaban J connectivity index is 1.51. The first kappa shape index (κ1) is 15.8. The normalized spacial score (nSPS) is 17.1. The maximum atomic E-state index is 11.9. The second kappa shape index (κ2) is 6.58. The number of urea groups is 1. The molecule has 3 N–H and O–H groups in total. The Hall–Kier alpha value is -2.08. The van der Waals surface area contributed by atoms with Gasteiger partial charge in [0.25, 0.3) is 0 Å². The fraction of sp³-hybridized carbons (Fsp3) is 0.529. The molecule has 1 fully saturated rings. The summed E-state index contributed by atoms with van der Waals surface area (Å²) in [7, 11) is 0. The molecule has 0 atom stereocenters. The molecule has 1 aliphatic rings. The standard InChI is InChI=1S/C17H24N4O2/c1-13-6-5-7-15-20-14(11-21(13)15)10-18-16(22)19-12-17(23)8-3-2-4-9-17/h5-7,11,23H,2-4,8-10,12H2,1H3,(H2,18,19,22). The monoisotopic (exact) mass is 316 g/mol. The molecule has 2 heterocycles. The average molecular weight is 316 g/mol. The molecule has 0 radical (unpaired) electrons. The number of pyridine rings is 1. The van der Waals surface area contributed by atoms with E-state index in [4.69, 9.17) is 0 Å². The fourth-order valence-electron chi connectivity index (χ4n) is 3.15. The Morgan fingerprint density at radius 1 is 1.30 bits per heavy atom. The van der Waals surface area contributed by atoms with Gasteiger partial charge < -0.3 is 20.1 Å². The summed E-state index contributed by atoms with van der Waals surface area (Å²) >= 11 is 0. The molecule has 6 heteroatoms. The Bertz CT molecular complexity index is 689.